The van der Waals surface area contributed by atoms with Gasteiger partial charge in [-0.05, 0) is 43.2 Å². The van der Waals surface area contributed by atoms with Crippen LogP contribution in [0.2, 0.25) is 0 Å². The van der Waals surface area contributed by atoms with E-state index >= 15 is 0 Å². The Hall–Kier alpha value is -1.44. The topological polar surface area (TPSA) is 58.1 Å². The lowest BCUT2D eigenvalue weighted by molar-refractivity contribution is 0.0170. The lowest BCUT2D eigenvalue weighted by Crippen LogP contribution is -2.48. The van der Waals surface area contributed by atoms with Gasteiger partial charge in [0.25, 0.3) is 0 Å². The van der Waals surface area contributed by atoms with Crippen LogP contribution in [0.1, 0.15) is 31.4 Å². The molecular weight excluding hydrogens is 372 g/mol. The van der Waals surface area contributed by atoms with Crippen molar-refractivity contribution in [2.45, 2.75) is 30.6 Å². The summed E-state index contributed by atoms with van der Waals surface area (Å²) in [6.45, 7) is 7.56. The zero-order valence-electron chi connectivity index (χ0n) is 17.4. The van der Waals surface area contributed by atoms with Crippen molar-refractivity contribution >= 4 is 17.7 Å². The molecule has 156 valence electrons. The van der Waals surface area contributed by atoms with Gasteiger partial charge in [0.1, 0.15) is 5.75 Å². The second-order valence-corrected chi connectivity index (χ2v) is 9.33. The second-order valence-electron chi connectivity index (χ2n) is 7.65. The first kappa shape index (κ1) is 21.3. The van der Waals surface area contributed by atoms with Gasteiger partial charge in [-0.15, -0.1) is 0 Å². The van der Waals surface area contributed by atoms with Crippen LogP contribution in [0.25, 0.3) is 0 Å². The van der Waals surface area contributed by atoms with Gasteiger partial charge in [-0.2, -0.15) is 11.8 Å². The third-order valence-electron chi connectivity index (χ3n) is 5.60. The van der Waals surface area contributed by atoms with E-state index in [1.165, 1.54) is 24.2 Å². The minimum Gasteiger partial charge on any atom is -0.497 e. The fraction of sp³-hybridized carbons (Fsp3) is 0.667. The fourth-order valence-electron chi connectivity index (χ4n) is 3.83. The van der Waals surface area contributed by atoms with Crippen LogP contribution >= 0.6 is 11.8 Å². The minimum absolute atomic E-state index is 0.268. The molecule has 0 amide bonds. The van der Waals surface area contributed by atoms with Crippen molar-refractivity contribution < 1.29 is 9.47 Å². The number of hydrogen-bond acceptors (Lipinski definition) is 5. The average molecular weight is 407 g/mol. The van der Waals surface area contributed by atoms with Crippen LogP contribution in [-0.4, -0.2) is 74.9 Å². The molecule has 2 fully saturated rings. The zero-order chi connectivity index (χ0) is 19.8. The molecule has 1 aromatic carbocycles. The summed E-state index contributed by atoms with van der Waals surface area (Å²) in [6.07, 6.45) is 2.58. The van der Waals surface area contributed by atoms with Gasteiger partial charge in [0.2, 0.25) is 0 Å². The molecule has 0 bridgehead atoms. The van der Waals surface area contributed by atoms with E-state index in [1.807, 2.05) is 19.2 Å². The summed E-state index contributed by atoms with van der Waals surface area (Å²) in [5.74, 6) is 3.03. The molecule has 28 heavy (non-hydrogen) atoms. The number of ether oxygens (including phenoxy) is 2. The Kier molecular flexibility index (Phi) is 7.88. The standard InChI is InChI=1S/C21H34N4O2S/c1-21(9-4-14-28-21)16-24-20(22-2)23-15-19(25-10-12-27-13-11-25)17-5-7-18(26-3)8-6-17/h5-8,19H,4,9-16H2,1-3H3,(H2,22,23,24). The highest BCUT2D eigenvalue weighted by atomic mass is 32.2. The third kappa shape index (κ3) is 5.78. The Morgan fingerprint density at radius 3 is 2.64 bits per heavy atom. The summed E-state index contributed by atoms with van der Waals surface area (Å²) < 4.78 is 11.2. The van der Waals surface area contributed by atoms with E-state index < -0.39 is 0 Å². The van der Waals surface area contributed by atoms with E-state index in [2.05, 4.69) is 51.3 Å². The number of thioether (sulfide) groups is 1. The van der Waals surface area contributed by atoms with E-state index in [0.717, 1.165) is 51.1 Å². The Balaban J connectivity index is 1.62. The molecule has 2 N–H and O–H groups in total. The Bertz CT molecular complexity index is 626. The summed E-state index contributed by atoms with van der Waals surface area (Å²) in [5, 5.41) is 7.09. The number of morpholine rings is 1. The predicted molar refractivity (Wildman–Crippen MR) is 118 cm³/mol. The minimum atomic E-state index is 0.268. The smallest absolute Gasteiger partial charge is 0.191 e. The van der Waals surface area contributed by atoms with Crippen LogP contribution in [0.5, 0.6) is 5.75 Å². The van der Waals surface area contributed by atoms with Crippen molar-refractivity contribution in [3.8, 4) is 5.75 Å². The van der Waals surface area contributed by atoms with Crippen molar-refractivity contribution in [2.75, 3.05) is 59.3 Å². The summed E-state index contributed by atoms with van der Waals surface area (Å²) >= 11 is 2.07. The maximum Gasteiger partial charge on any atom is 0.191 e. The molecule has 0 radical (unpaired) electrons. The molecule has 0 spiro atoms. The summed E-state index contributed by atoms with van der Waals surface area (Å²) in [4.78, 5) is 6.93. The Morgan fingerprint density at radius 1 is 1.29 bits per heavy atom. The first-order chi connectivity index (χ1) is 13.6. The molecule has 2 saturated heterocycles. The third-order valence-corrected chi connectivity index (χ3v) is 7.14. The van der Waals surface area contributed by atoms with Gasteiger partial charge >= 0.3 is 0 Å². The van der Waals surface area contributed by atoms with Gasteiger partial charge in [0, 0.05) is 38.0 Å². The number of hydrogen-bond donors (Lipinski definition) is 2. The van der Waals surface area contributed by atoms with E-state index in [4.69, 9.17) is 9.47 Å². The molecule has 0 aromatic heterocycles. The molecule has 7 heteroatoms. The molecule has 2 heterocycles. The maximum absolute atomic E-state index is 5.56. The predicted octanol–water partition coefficient (Wildman–Crippen LogP) is 2.52. The number of nitrogens with zero attached hydrogens (tertiary/aromatic N) is 2. The van der Waals surface area contributed by atoms with Crippen molar-refractivity contribution in [3.05, 3.63) is 29.8 Å². The molecule has 2 aliphatic rings. The molecule has 2 unspecified atom stereocenters. The normalized spacial score (nSPS) is 24.8. The highest BCUT2D eigenvalue weighted by Crippen LogP contribution is 2.36. The highest BCUT2D eigenvalue weighted by Gasteiger charge is 2.29. The number of guanidine groups is 1. The average Bonchev–Trinajstić information content (AvgIpc) is 3.18. The van der Waals surface area contributed by atoms with Crippen LogP contribution in [0.4, 0.5) is 0 Å². The number of aliphatic imine (C=N–C) groups is 1. The van der Waals surface area contributed by atoms with Gasteiger partial charge in [0.05, 0.1) is 26.4 Å². The zero-order valence-corrected chi connectivity index (χ0v) is 18.2. The van der Waals surface area contributed by atoms with E-state index in [-0.39, 0.29) is 6.04 Å². The van der Waals surface area contributed by atoms with Crippen LogP contribution < -0.4 is 15.4 Å². The molecule has 0 aliphatic carbocycles. The van der Waals surface area contributed by atoms with Crippen molar-refractivity contribution in [2.24, 2.45) is 4.99 Å². The molecular formula is C21H34N4O2S. The van der Waals surface area contributed by atoms with Crippen LogP contribution in [0.15, 0.2) is 29.3 Å². The van der Waals surface area contributed by atoms with E-state index in [1.54, 1.807) is 7.11 Å². The van der Waals surface area contributed by atoms with Crippen LogP contribution in [0.3, 0.4) is 0 Å². The molecule has 3 rings (SSSR count). The fourth-order valence-corrected chi connectivity index (χ4v) is 5.08. The molecule has 2 aliphatic heterocycles. The molecule has 2 atom stereocenters. The summed E-state index contributed by atoms with van der Waals surface area (Å²) in [7, 11) is 3.55. The number of benzene rings is 1. The van der Waals surface area contributed by atoms with Crippen molar-refractivity contribution in [3.63, 3.8) is 0 Å². The second kappa shape index (κ2) is 10.4. The SMILES string of the molecule is CN=C(NCC(c1ccc(OC)cc1)N1CCOCC1)NCC1(C)CCCS1. The lowest BCUT2D eigenvalue weighted by Gasteiger charge is -2.35. The monoisotopic (exact) mass is 406 g/mol. The Morgan fingerprint density at radius 2 is 2.04 bits per heavy atom. The van der Waals surface area contributed by atoms with Gasteiger partial charge in [0.15, 0.2) is 5.96 Å². The molecule has 6 nitrogen and oxygen atoms in total. The highest BCUT2D eigenvalue weighted by molar-refractivity contribution is 8.00. The number of nitrogens with one attached hydrogen (secondary N) is 2. The molecule has 1 aromatic rings. The van der Waals surface area contributed by atoms with Crippen molar-refractivity contribution in [1.29, 1.82) is 0 Å². The Labute approximate surface area is 173 Å². The van der Waals surface area contributed by atoms with Crippen LogP contribution in [-0.2, 0) is 4.74 Å². The summed E-state index contributed by atoms with van der Waals surface area (Å²) in [5.41, 5.74) is 1.28. The lowest BCUT2D eigenvalue weighted by atomic mass is 10.0. The van der Waals surface area contributed by atoms with E-state index in [9.17, 15) is 0 Å². The van der Waals surface area contributed by atoms with Crippen molar-refractivity contribution in [1.82, 2.24) is 15.5 Å². The van der Waals surface area contributed by atoms with Crippen LogP contribution in [0, 0.1) is 0 Å². The number of methoxy groups -OCH3 is 1. The quantitative estimate of drug-likeness (QED) is 0.536. The summed E-state index contributed by atoms with van der Waals surface area (Å²) in [6, 6.07) is 8.66. The van der Waals surface area contributed by atoms with Gasteiger partial charge in [-0.25, -0.2) is 0 Å². The first-order valence-electron chi connectivity index (χ1n) is 10.2. The first-order valence-corrected chi connectivity index (χ1v) is 11.2. The van der Waals surface area contributed by atoms with E-state index in [0.29, 0.717) is 4.75 Å². The molecule has 0 saturated carbocycles. The van der Waals surface area contributed by atoms with Gasteiger partial charge in [-0.3, -0.25) is 9.89 Å². The number of rotatable bonds is 7. The largest absolute Gasteiger partial charge is 0.497 e. The van der Waals surface area contributed by atoms with Gasteiger partial charge in [-0.1, -0.05) is 12.1 Å². The van der Waals surface area contributed by atoms with Gasteiger partial charge < -0.3 is 20.1 Å². The maximum atomic E-state index is 5.56.